The molecule has 0 aromatic rings. The summed E-state index contributed by atoms with van der Waals surface area (Å²) in [5.74, 6) is 3.49. The Balaban J connectivity index is 4.34. The van der Waals surface area contributed by atoms with E-state index in [0.29, 0.717) is 5.41 Å². The predicted octanol–water partition coefficient (Wildman–Crippen LogP) is 6.94. The summed E-state index contributed by atoms with van der Waals surface area (Å²) >= 11 is 0. The molecule has 116 valence electrons. The quantitative estimate of drug-likeness (QED) is 0.402. The summed E-state index contributed by atoms with van der Waals surface area (Å²) in [6.45, 7) is 19.2. The Morgan fingerprint density at radius 3 is 1.84 bits per heavy atom. The van der Waals surface area contributed by atoms with Gasteiger partial charge in [-0.25, -0.2) is 0 Å². The molecule has 0 aliphatic heterocycles. The molecule has 0 heterocycles. The van der Waals surface area contributed by atoms with E-state index in [0.717, 1.165) is 23.7 Å². The minimum atomic E-state index is 0.540. The van der Waals surface area contributed by atoms with Crippen molar-refractivity contribution in [2.45, 2.75) is 93.9 Å². The van der Waals surface area contributed by atoms with Gasteiger partial charge in [-0.3, -0.25) is 0 Å². The summed E-state index contributed by atoms with van der Waals surface area (Å²) < 4.78 is 0. The van der Waals surface area contributed by atoms with E-state index in [1.807, 2.05) is 0 Å². The topological polar surface area (TPSA) is 0 Å². The Bertz CT molecular complexity index is 216. The maximum atomic E-state index is 2.50. The lowest BCUT2D eigenvalue weighted by Gasteiger charge is -2.37. The zero-order chi connectivity index (χ0) is 15.1. The summed E-state index contributed by atoms with van der Waals surface area (Å²) in [5, 5.41) is 0. The molecular weight excluding hydrogens is 228 g/mol. The summed E-state index contributed by atoms with van der Waals surface area (Å²) in [4.78, 5) is 0. The minimum absolute atomic E-state index is 0.540. The van der Waals surface area contributed by atoms with Crippen molar-refractivity contribution in [3.63, 3.8) is 0 Å². The largest absolute Gasteiger partial charge is 0.0651 e. The maximum absolute atomic E-state index is 2.50. The first kappa shape index (κ1) is 19.0. The number of hydrogen-bond donors (Lipinski definition) is 0. The molecule has 0 saturated heterocycles. The first-order valence-electron chi connectivity index (χ1n) is 8.75. The van der Waals surface area contributed by atoms with Gasteiger partial charge in [0.1, 0.15) is 0 Å². The van der Waals surface area contributed by atoms with E-state index < -0.39 is 0 Å². The molecule has 0 rings (SSSR count). The third-order valence-electron chi connectivity index (χ3n) is 5.51. The van der Waals surface area contributed by atoms with Crippen LogP contribution in [-0.4, -0.2) is 0 Å². The van der Waals surface area contributed by atoms with Crippen molar-refractivity contribution in [3.8, 4) is 0 Å². The predicted molar refractivity (Wildman–Crippen MR) is 89.5 cm³/mol. The number of hydrogen-bond acceptors (Lipinski definition) is 0. The van der Waals surface area contributed by atoms with Crippen LogP contribution >= 0.6 is 0 Å². The summed E-state index contributed by atoms with van der Waals surface area (Å²) in [6, 6.07) is 0. The average Bonchev–Trinajstić information content (AvgIpc) is 2.35. The van der Waals surface area contributed by atoms with Gasteiger partial charge in [0.05, 0.1) is 0 Å². The van der Waals surface area contributed by atoms with Gasteiger partial charge >= 0.3 is 0 Å². The Hall–Kier alpha value is 0. The van der Waals surface area contributed by atoms with Crippen LogP contribution in [0.15, 0.2) is 0 Å². The normalized spacial score (nSPS) is 18.6. The molecule has 0 aromatic heterocycles. The fraction of sp³-hybridized carbons (Fsp3) is 1.00. The molecule has 0 nitrogen and oxygen atoms in total. The molecule has 0 N–H and O–H groups in total. The lowest BCUT2D eigenvalue weighted by atomic mass is 9.69. The zero-order valence-corrected chi connectivity index (χ0v) is 15.1. The first-order valence-corrected chi connectivity index (χ1v) is 8.75. The van der Waals surface area contributed by atoms with Crippen LogP contribution in [0.1, 0.15) is 93.9 Å². The van der Waals surface area contributed by atoms with Gasteiger partial charge in [0.15, 0.2) is 0 Å². The van der Waals surface area contributed by atoms with Crippen molar-refractivity contribution < 1.29 is 0 Å². The molecule has 19 heavy (non-hydrogen) atoms. The monoisotopic (exact) mass is 268 g/mol. The van der Waals surface area contributed by atoms with E-state index >= 15 is 0 Å². The van der Waals surface area contributed by atoms with E-state index in [9.17, 15) is 0 Å². The van der Waals surface area contributed by atoms with Crippen LogP contribution in [0.4, 0.5) is 0 Å². The fourth-order valence-corrected chi connectivity index (χ4v) is 3.15. The molecule has 0 heteroatoms. The third kappa shape index (κ3) is 7.37. The molecule has 0 amide bonds. The lowest BCUT2D eigenvalue weighted by Crippen LogP contribution is -2.26. The molecule has 0 fully saturated rings. The van der Waals surface area contributed by atoms with Crippen LogP contribution in [0, 0.1) is 29.1 Å². The number of rotatable bonds is 10. The second kappa shape index (κ2) is 9.03. The fourth-order valence-electron chi connectivity index (χ4n) is 3.15. The highest BCUT2D eigenvalue weighted by molar-refractivity contribution is 4.80. The third-order valence-corrected chi connectivity index (χ3v) is 5.51. The molecule has 3 unspecified atom stereocenters. The average molecular weight is 269 g/mol. The molecule has 0 bridgehead atoms. The van der Waals surface area contributed by atoms with Gasteiger partial charge in [-0.05, 0) is 41.9 Å². The maximum Gasteiger partial charge on any atom is -0.0303 e. The van der Waals surface area contributed by atoms with Gasteiger partial charge in [-0.1, -0.05) is 81.1 Å². The first-order chi connectivity index (χ1) is 8.75. The van der Waals surface area contributed by atoms with Gasteiger partial charge in [0.25, 0.3) is 0 Å². The smallest absolute Gasteiger partial charge is 0.0303 e. The highest BCUT2D eigenvalue weighted by atomic mass is 14.3. The second-order valence-electron chi connectivity index (χ2n) is 7.95. The molecule has 3 atom stereocenters. The summed E-state index contributed by atoms with van der Waals surface area (Å²) in [5.41, 5.74) is 0.540. The SMILES string of the molecule is CCC(CC(C)CCC(C)C)CC(C)(CC)C(C)C. The van der Waals surface area contributed by atoms with Crippen LogP contribution in [0.2, 0.25) is 0 Å². The van der Waals surface area contributed by atoms with Crippen LogP contribution in [-0.2, 0) is 0 Å². The summed E-state index contributed by atoms with van der Waals surface area (Å²) in [6.07, 6.45) is 8.34. The van der Waals surface area contributed by atoms with Gasteiger partial charge in [0.2, 0.25) is 0 Å². The van der Waals surface area contributed by atoms with Crippen molar-refractivity contribution in [1.82, 2.24) is 0 Å². The molecular formula is C19H40. The lowest BCUT2D eigenvalue weighted by molar-refractivity contribution is 0.139. The second-order valence-corrected chi connectivity index (χ2v) is 7.95. The molecule has 0 radical (unpaired) electrons. The molecule has 0 spiro atoms. The molecule has 0 aliphatic carbocycles. The van der Waals surface area contributed by atoms with E-state index in [1.165, 1.54) is 38.5 Å². The van der Waals surface area contributed by atoms with Crippen molar-refractivity contribution >= 4 is 0 Å². The zero-order valence-electron chi connectivity index (χ0n) is 15.1. The van der Waals surface area contributed by atoms with Gasteiger partial charge in [-0.2, -0.15) is 0 Å². The van der Waals surface area contributed by atoms with Crippen molar-refractivity contribution in [3.05, 3.63) is 0 Å². The van der Waals surface area contributed by atoms with Crippen LogP contribution < -0.4 is 0 Å². The van der Waals surface area contributed by atoms with Crippen LogP contribution in [0.25, 0.3) is 0 Å². The van der Waals surface area contributed by atoms with Crippen molar-refractivity contribution in [2.75, 3.05) is 0 Å². The van der Waals surface area contributed by atoms with E-state index in [1.54, 1.807) is 0 Å². The Morgan fingerprint density at radius 2 is 1.47 bits per heavy atom. The highest BCUT2D eigenvalue weighted by Gasteiger charge is 2.29. The van der Waals surface area contributed by atoms with Crippen molar-refractivity contribution in [1.29, 1.82) is 0 Å². The molecule has 0 aromatic carbocycles. The van der Waals surface area contributed by atoms with Gasteiger partial charge < -0.3 is 0 Å². The van der Waals surface area contributed by atoms with E-state index in [2.05, 4.69) is 55.4 Å². The van der Waals surface area contributed by atoms with Gasteiger partial charge in [0, 0.05) is 0 Å². The van der Waals surface area contributed by atoms with Crippen molar-refractivity contribution in [2.24, 2.45) is 29.1 Å². The Morgan fingerprint density at radius 1 is 0.895 bits per heavy atom. The molecule has 0 aliphatic rings. The summed E-state index contributed by atoms with van der Waals surface area (Å²) in [7, 11) is 0. The minimum Gasteiger partial charge on any atom is -0.0651 e. The van der Waals surface area contributed by atoms with Crippen LogP contribution in [0.5, 0.6) is 0 Å². The van der Waals surface area contributed by atoms with E-state index in [4.69, 9.17) is 0 Å². The van der Waals surface area contributed by atoms with E-state index in [-0.39, 0.29) is 0 Å². The Kier molecular flexibility index (Phi) is 9.03. The Labute approximate surface area is 123 Å². The highest BCUT2D eigenvalue weighted by Crippen LogP contribution is 2.40. The molecule has 0 saturated carbocycles. The standard InChI is InChI=1S/C19H40/c1-9-18(13-17(7)12-11-15(3)4)14-19(8,10-2)16(5)6/h15-18H,9-14H2,1-8H3. The van der Waals surface area contributed by atoms with Gasteiger partial charge in [-0.15, -0.1) is 0 Å². The van der Waals surface area contributed by atoms with Crippen LogP contribution in [0.3, 0.4) is 0 Å².